The van der Waals surface area contributed by atoms with E-state index in [-0.39, 0.29) is 0 Å². The second-order valence-electron chi connectivity index (χ2n) is 5.54. The smallest absolute Gasteiger partial charge is 0.0931 e. The molecule has 1 aliphatic rings. The lowest BCUT2D eigenvalue weighted by molar-refractivity contribution is 0.198. The average molecular weight is 258 g/mol. The van der Waals surface area contributed by atoms with Crippen LogP contribution in [-0.2, 0) is 6.54 Å². The summed E-state index contributed by atoms with van der Waals surface area (Å²) in [7, 11) is 0. The summed E-state index contributed by atoms with van der Waals surface area (Å²) in [4.78, 5) is 1.34. The Kier molecular flexibility index (Phi) is 3.93. The first-order valence-electron chi connectivity index (χ1n) is 6.03. The van der Waals surface area contributed by atoms with Gasteiger partial charge < -0.3 is 5.32 Å². The normalized spacial score (nSPS) is 24.6. The van der Waals surface area contributed by atoms with Gasteiger partial charge in [0, 0.05) is 17.5 Å². The molecule has 1 unspecified atom stereocenters. The zero-order chi connectivity index (χ0) is 11.6. The van der Waals surface area contributed by atoms with Crippen LogP contribution in [0.2, 0.25) is 4.34 Å². The van der Waals surface area contributed by atoms with E-state index in [2.05, 4.69) is 25.2 Å². The fraction of sp³-hybridized carbons (Fsp3) is 0.692. The van der Waals surface area contributed by atoms with Gasteiger partial charge in [-0.3, -0.25) is 0 Å². The minimum absolute atomic E-state index is 0.517. The van der Waals surface area contributed by atoms with Gasteiger partial charge in [-0.2, -0.15) is 0 Å². The van der Waals surface area contributed by atoms with Gasteiger partial charge in [-0.05, 0) is 36.8 Å². The van der Waals surface area contributed by atoms with Crippen molar-refractivity contribution in [3.63, 3.8) is 0 Å². The molecule has 0 amide bonds. The molecular weight excluding hydrogens is 238 g/mol. The summed E-state index contributed by atoms with van der Waals surface area (Å²) >= 11 is 7.60. The van der Waals surface area contributed by atoms with Crippen LogP contribution in [0.3, 0.4) is 0 Å². The third-order valence-corrected chi connectivity index (χ3v) is 4.63. The van der Waals surface area contributed by atoms with Crippen LogP contribution < -0.4 is 5.32 Å². The van der Waals surface area contributed by atoms with E-state index < -0.39 is 0 Å². The van der Waals surface area contributed by atoms with Crippen molar-refractivity contribution in [1.82, 2.24) is 5.32 Å². The first kappa shape index (κ1) is 12.4. The van der Waals surface area contributed by atoms with Gasteiger partial charge in [-0.25, -0.2) is 0 Å². The fourth-order valence-electron chi connectivity index (χ4n) is 2.56. The highest BCUT2D eigenvalue weighted by molar-refractivity contribution is 7.16. The summed E-state index contributed by atoms with van der Waals surface area (Å²) in [5.74, 6) is 0. The van der Waals surface area contributed by atoms with Gasteiger partial charge in [-0.1, -0.05) is 31.9 Å². The molecule has 1 fully saturated rings. The van der Waals surface area contributed by atoms with Crippen molar-refractivity contribution in [3.05, 3.63) is 21.3 Å². The van der Waals surface area contributed by atoms with Crippen molar-refractivity contribution in [1.29, 1.82) is 0 Å². The molecule has 1 saturated carbocycles. The third-order valence-electron chi connectivity index (χ3n) is 3.40. The van der Waals surface area contributed by atoms with Crippen LogP contribution in [0.5, 0.6) is 0 Å². The molecule has 1 atom stereocenters. The molecule has 0 bridgehead atoms. The Balaban J connectivity index is 1.82. The Morgan fingerprint density at radius 2 is 2.31 bits per heavy atom. The molecule has 0 aromatic carbocycles. The molecule has 1 aromatic heterocycles. The van der Waals surface area contributed by atoms with Crippen LogP contribution in [0.1, 0.15) is 44.4 Å². The lowest BCUT2D eigenvalue weighted by atomic mass is 9.75. The molecule has 1 aliphatic carbocycles. The Bertz CT molecular complexity index is 345. The number of halogens is 1. The van der Waals surface area contributed by atoms with Crippen LogP contribution >= 0.6 is 22.9 Å². The van der Waals surface area contributed by atoms with E-state index in [9.17, 15) is 0 Å². The highest BCUT2D eigenvalue weighted by atomic mass is 35.5. The summed E-state index contributed by atoms with van der Waals surface area (Å²) in [5.41, 5.74) is 0.517. The molecule has 1 N–H and O–H groups in total. The average Bonchev–Trinajstić information content (AvgIpc) is 2.60. The molecule has 16 heavy (non-hydrogen) atoms. The van der Waals surface area contributed by atoms with E-state index in [1.807, 2.05) is 6.07 Å². The number of thiophene rings is 1. The summed E-state index contributed by atoms with van der Waals surface area (Å²) in [5, 5.41) is 3.66. The van der Waals surface area contributed by atoms with E-state index in [4.69, 9.17) is 11.6 Å². The molecule has 1 aromatic rings. The largest absolute Gasteiger partial charge is 0.309 e. The van der Waals surface area contributed by atoms with E-state index in [1.54, 1.807) is 11.3 Å². The highest BCUT2D eigenvalue weighted by Gasteiger charge is 2.27. The van der Waals surface area contributed by atoms with E-state index in [0.29, 0.717) is 11.5 Å². The molecule has 0 aliphatic heterocycles. The van der Waals surface area contributed by atoms with Crippen LogP contribution in [-0.4, -0.2) is 6.04 Å². The third kappa shape index (κ3) is 3.47. The second kappa shape index (κ2) is 5.07. The SMILES string of the molecule is CC1(C)CCCC(NCc2ccc(Cl)s2)C1. The van der Waals surface area contributed by atoms with Gasteiger partial charge >= 0.3 is 0 Å². The molecular formula is C13H20ClNS. The molecule has 0 saturated heterocycles. The van der Waals surface area contributed by atoms with Crippen LogP contribution in [0, 0.1) is 5.41 Å². The van der Waals surface area contributed by atoms with Crippen molar-refractivity contribution in [2.45, 2.75) is 52.1 Å². The molecule has 2 rings (SSSR count). The molecule has 90 valence electrons. The summed E-state index contributed by atoms with van der Waals surface area (Å²) in [6, 6.07) is 4.78. The maximum Gasteiger partial charge on any atom is 0.0931 e. The monoisotopic (exact) mass is 257 g/mol. The van der Waals surface area contributed by atoms with E-state index >= 15 is 0 Å². The van der Waals surface area contributed by atoms with Gasteiger partial charge in [0.05, 0.1) is 4.34 Å². The second-order valence-corrected chi connectivity index (χ2v) is 7.34. The lowest BCUT2D eigenvalue weighted by Crippen LogP contribution is -2.36. The Morgan fingerprint density at radius 1 is 1.50 bits per heavy atom. The fourth-order valence-corrected chi connectivity index (χ4v) is 3.60. The van der Waals surface area contributed by atoms with Gasteiger partial charge in [-0.15, -0.1) is 11.3 Å². The van der Waals surface area contributed by atoms with Gasteiger partial charge in [0.15, 0.2) is 0 Å². The Morgan fingerprint density at radius 3 is 2.94 bits per heavy atom. The number of hydrogen-bond acceptors (Lipinski definition) is 2. The zero-order valence-corrected chi connectivity index (χ0v) is 11.6. The predicted octanol–water partition coefficient (Wildman–Crippen LogP) is 4.46. The van der Waals surface area contributed by atoms with Crippen molar-refractivity contribution in [2.24, 2.45) is 5.41 Å². The van der Waals surface area contributed by atoms with E-state index in [1.165, 1.54) is 30.6 Å². The maximum atomic E-state index is 5.92. The van der Waals surface area contributed by atoms with E-state index in [0.717, 1.165) is 10.9 Å². The minimum Gasteiger partial charge on any atom is -0.309 e. The molecule has 0 spiro atoms. The van der Waals surface area contributed by atoms with Gasteiger partial charge in [0.2, 0.25) is 0 Å². The van der Waals surface area contributed by atoms with Crippen molar-refractivity contribution >= 4 is 22.9 Å². The molecule has 1 nitrogen and oxygen atoms in total. The summed E-state index contributed by atoms with van der Waals surface area (Å²) in [6.45, 7) is 5.73. The highest BCUT2D eigenvalue weighted by Crippen LogP contribution is 2.35. The van der Waals surface area contributed by atoms with Gasteiger partial charge in [0.1, 0.15) is 0 Å². The topological polar surface area (TPSA) is 12.0 Å². The van der Waals surface area contributed by atoms with Crippen LogP contribution in [0.15, 0.2) is 12.1 Å². The van der Waals surface area contributed by atoms with Crippen molar-refractivity contribution in [2.75, 3.05) is 0 Å². The quantitative estimate of drug-likeness (QED) is 0.843. The number of hydrogen-bond donors (Lipinski definition) is 1. The summed E-state index contributed by atoms with van der Waals surface area (Å²) in [6.07, 6.45) is 5.35. The van der Waals surface area contributed by atoms with Crippen LogP contribution in [0.25, 0.3) is 0 Å². The Labute approximate surface area is 107 Å². The lowest BCUT2D eigenvalue weighted by Gasteiger charge is -2.35. The van der Waals surface area contributed by atoms with Crippen molar-refractivity contribution in [3.8, 4) is 0 Å². The van der Waals surface area contributed by atoms with Crippen molar-refractivity contribution < 1.29 is 0 Å². The molecule has 1 heterocycles. The predicted molar refractivity (Wildman–Crippen MR) is 72.2 cm³/mol. The first-order valence-corrected chi connectivity index (χ1v) is 7.22. The first-order chi connectivity index (χ1) is 7.55. The standard InChI is InChI=1S/C13H20ClNS/c1-13(2)7-3-4-10(8-13)15-9-11-5-6-12(14)16-11/h5-6,10,15H,3-4,7-9H2,1-2H3. The Hall–Kier alpha value is -0.0500. The van der Waals surface area contributed by atoms with Crippen LogP contribution in [0.4, 0.5) is 0 Å². The maximum absolute atomic E-state index is 5.92. The number of rotatable bonds is 3. The molecule has 0 radical (unpaired) electrons. The molecule has 3 heteroatoms. The van der Waals surface area contributed by atoms with Gasteiger partial charge in [0.25, 0.3) is 0 Å². The zero-order valence-electron chi connectivity index (χ0n) is 10.1. The number of nitrogens with one attached hydrogen (secondary N) is 1. The summed E-state index contributed by atoms with van der Waals surface area (Å²) < 4.78 is 0.890. The minimum atomic E-state index is 0.517.